The molecule has 1 aliphatic rings. The third-order valence-electron chi connectivity index (χ3n) is 2.17. The maximum Gasteiger partial charge on any atom is 0.223 e. The first-order chi connectivity index (χ1) is 4.33. The molecule has 0 unspecified atom stereocenters. The molecule has 0 aromatic carbocycles. The van der Waals surface area contributed by atoms with Crippen LogP contribution in [0.4, 0.5) is 0 Å². The van der Waals surface area contributed by atoms with Gasteiger partial charge in [-0.25, -0.2) is 6.57 Å². The highest BCUT2D eigenvalue weighted by Gasteiger charge is 2.20. The second-order valence-corrected chi connectivity index (χ2v) is 3.04. The zero-order chi connectivity index (χ0) is 6.69. The molecular formula is C8H13N. The summed E-state index contributed by atoms with van der Waals surface area (Å²) >= 11 is 0. The van der Waals surface area contributed by atoms with E-state index in [0.717, 1.165) is 18.8 Å². The minimum absolute atomic E-state index is 0.362. The number of hydrogen-bond acceptors (Lipinski definition) is 0. The van der Waals surface area contributed by atoms with Gasteiger partial charge in [0, 0.05) is 12.8 Å². The van der Waals surface area contributed by atoms with E-state index in [9.17, 15) is 0 Å². The molecule has 9 heavy (non-hydrogen) atoms. The van der Waals surface area contributed by atoms with E-state index in [1.54, 1.807) is 0 Å². The first kappa shape index (κ1) is 6.61. The topological polar surface area (TPSA) is 4.36 Å². The Kier molecular flexibility index (Phi) is 2.10. The Bertz CT molecular complexity index is 115. The number of hydrogen-bond donors (Lipinski definition) is 0. The maximum atomic E-state index is 6.79. The van der Waals surface area contributed by atoms with Gasteiger partial charge in [-0.05, 0) is 18.8 Å². The quantitative estimate of drug-likeness (QED) is 0.436. The van der Waals surface area contributed by atoms with Gasteiger partial charge >= 0.3 is 0 Å². The van der Waals surface area contributed by atoms with Gasteiger partial charge in [0.15, 0.2) is 0 Å². The molecule has 0 heterocycles. The molecule has 0 amide bonds. The first-order valence-corrected chi connectivity index (χ1v) is 3.69. The Labute approximate surface area is 56.9 Å². The summed E-state index contributed by atoms with van der Waals surface area (Å²) in [6.45, 7) is 9.07. The zero-order valence-electron chi connectivity index (χ0n) is 5.93. The van der Waals surface area contributed by atoms with Crippen LogP contribution in [0, 0.1) is 12.5 Å². The highest BCUT2D eigenvalue weighted by Crippen LogP contribution is 2.25. The van der Waals surface area contributed by atoms with Gasteiger partial charge in [-0.2, -0.15) is 0 Å². The molecule has 50 valence electrons. The fraction of sp³-hybridized carbons (Fsp3) is 0.875. The van der Waals surface area contributed by atoms with Crippen LogP contribution in [0.25, 0.3) is 4.85 Å². The minimum atomic E-state index is 0.362. The molecule has 0 N–H and O–H groups in total. The van der Waals surface area contributed by atoms with Crippen LogP contribution in [0.2, 0.25) is 0 Å². The van der Waals surface area contributed by atoms with Gasteiger partial charge in [0.25, 0.3) is 0 Å². The Hall–Kier alpha value is -0.510. The van der Waals surface area contributed by atoms with Crippen molar-refractivity contribution in [1.82, 2.24) is 0 Å². The average molecular weight is 123 g/mol. The molecule has 1 heteroatoms. The summed E-state index contributed by atoms with van der Waals surface area (Å²) in [5.74, 6) is 0.878. The lowest BCUT2D eigenvalue weighted by atomic mass is 9.88. The molecule has 1 fully saturated rings. The number of rotatable bonds is 0. The van der Waals surface area contributed by atoms with Crippen molar-refractivity contribution < 1.29 is 0 Å². The molecule has 1 aliphatic carbocycles. The van der Waals surface area contributed by atoms with Crippen LogP contribution in [-0.4, -0.2) is 6.04 Å². The van der Waals surface area contributed by atoms with E-state index in [1.165, 1.54) is 12.8 Å². The second-order valence-electron chi connectivity index (χ2n) is 3.04. The van der Waals surface area contributed by atoms with Gasteiger partial charge in [0.1, 0.15) is 0 Å². The lowest BCUT2D eigenvalue weighted by molar-refractivity contribution is 0.371. The van der Waals surface area contributed by atoms with Crippen LogP contribution in [-0.2, 0) is 0 Å². The molecule has 1 rings (SSSR count). The van der Waals surface area contributed by atoms with E-state index in [1.807, 2.05) is 0 Å². The van der Waals surface area contributed by atoms with E-state index in [0.29, 0.717) is 6.04 Å². The maximum absolute atomic E-state index is 6.79. The van der Waals surface area contributed by atoms with Crippen LogP contribution in [0.3, 0.4) is 0 Å². The smallest absolute Gasteiger partial charge is 0.223 e. The molecule has 0 aliphatic heterocycles. The van der Waals surface area contributed by atoms with Gasteiger partial charge in [-0.1, -0.05) is 6.92 Å². The molecule has 0 saturated heterocycles. The van der Waals surface area contributed by atoms with E-state index in [-0.39, 0.29) is 0 Å². The molecule has 0 bridgehead atoms. The lowest BCUT2D eigenvalue weighted by Crippen LogP contribution is -2.13. The second kappa shape index (κ2) is 2.87. The van der Waals surface area contributed by atoms with Crippen molar-refractivity contribution in [2.75, 3.05) is 0 Å². The Morgan fingerprint density at radius 1 is 1.22 bits per heavy atom. The molecule has 0 radical (unpaired) electrons. The zero-order valence-corrected chi connectivity index (χ0v) is 5.93. The van der Waals surface area contributed by atoms with Gasteiger partial charge in [0.2, 0.25) is 6.04 Å². The Balaban J connectivity index is 2.28. The van der Waals surface area contributed by atoms with Crippen molar-refractivity contribution in [3.63, 3.8) is 0 Å². The van der Waals surface area contributed by atoms with E-state index in [2.05, 4.69) is 11.8 Å². The van der Waals surface area contributed by atoms with Gasteiger partial charge < -0.3 is 4.85 Å². The predicted octanol–water partition coefficient (Wildman–Crippen LogP) is 2.48. The lowest BCUT2D eigenvalue weighted by Gasteiger charge is -2.17. The summed E-state index contributed by atoms with van der Waals surface area (Å²) in [5, 5.41) is 0. The highest BCUT2D eigenvalue weighted by atomic mass is 14.7. The standard InChI is InChI=1S/C8H13N/c1-7-3-5-8(9-2)6-4-7/h7-8H,3-6H2,1H3. The third kappa shape index (κ3) is 1.71. The van der Waals surface area contributed by atoms with E-state index >= 15 is 0 Å². The van der Waals surface area contributed by atoms with Crippen LogP contribution < -0.4 is 0 Å². The Morgan fingerprint density at radius 2 is 1.78 bits per heavy atom. The van der Waals surface area contributed by atoms with Gasteiger partial charge in [-0.15, -0.1) is 0 Å². The summed E-state index contributed by atoms with van der Waals surface area (Å²) in [7, 11) is 0. The normalized spacial score (nSPS) is 35.6. The molecule has 1 saturated carbocycles. The Morgan fingerprint density at radius 3 is 2.22 bits per heavy atom. The van der Waals surface area contributed by atoms with Crippen molar-refractivity contribution in [3.8, 4) is 0 Å². The molecule has 0 spiro atoms. The monoisotopic (exact) mass is 123 g/mol. The average Bonchev–Trinajstić information content (AvgIpc) is 1.90. The number of nitrogens with zero attached hydrogens (tertiary/aromatic N) is 1. The molecule has 1 nitrogen and oxygen atoms in total. The predicted molar refractivity (Wildman–Crippen MR) is 38.0 cm³/mol. The molecule has 0 aromatic heterocycles. The molecular weight excluding hydrogens is 110 g/mol. The van der Waals surface area contributed by atoms with Gasteiger partial charge in [-0.3, -0.25) is 0 Å². The van der Waals surface area contributed by atoms with Crippen molar-refractivity contribution in [3.05, 3.63) is 11.4 Å². The summed E-state index contributed by atoms with van der Waals surface area (Å²) in [6, 6.07) is 0.362. The first-order valence-electron chi connectivity index (χ1n) is 3.69. The summed E-state index contributed by atoms with van der Waals surface area (Å²) in [4.78, 5) is 3.53. The van der Waals surface area contributed by atoms with Crippen LogP contribution in [0.5, 0.6) is 0 Å². The van der Waals surface area contributed by atoms with E-state index < -0.39 is 0 Å². The summed E-state index contributed by atoms with van der Waals surface area (Å²) in [6.07, 6.45) is 4.83. The molecule has 0 atom stereocenters. The summed E-state index contributed by atoms with van der Waals surface area (Å²) < 4.78 is 0. The van der Waals surface area contributed by atoms with Crippen LogP contribution in [0.1, 0.15) is 32.6 Å². The largest absolute Gasteiger partial charge is 0.314 e. The minimum Gasteiger partial charge on any atom is -0.314 e. The van der Waals surface area contributed by atoms with Crippen molar-refractivity contribution in [2.45, 2.75) is 38.6 Å². The molecule has 0 aromatic rings. The van der Waals surface area contributed by atoms with Crippen molar-refractivity contribution >= 4 is 0 Å². The third-order valence-corrected chi connectivity index (χ3v) is 2.17. The van der Waals surface area contributed by atoms with Gasteiger partial charge in [0.05, 0.1) is 0 Å². The van der Waals surface area contributed by atoms with E-state index in [4.69, 9.17) is 6.57 Å². The van der Waals surface area contributed by atoms with Crippen molar-refractivity contribution in [2.24, 2.45) is 5.92 Å². The fourth-order valence-electron chi connectivity index (χ4n) is 1.37. The SMILES string of the molecule is [C-]#[N+]C1CCC(C)CC1. The van der Waals surface area contributed by atoms with Crippen molar-refractivity contribution in [1.29, 1.82) is 0 Å². The van der Waals surface area contributed by atoms with Crippen LogP contribution >= 0.6 is 0 Å². The van der Waals surface area contributed by atoms with Crippen LogP contribution in [0.15, 0.2) is 0 Å². The summed E-state index contributed by atoms with van der Waals surface area (Å²) in [5.41, 5.74) is 0. The highest BCUT2D eigenvalue weighted by molar-refractivity contribution is 4.83. The fourth-order valence-corrected chi connectivity index (χ4v) is 1.37.